The van der Waals surface area contributed by atoms with Crippen LogP contribution in [0.1, 0.15) is 116 Å². The molecule has 2 rings (SSSR count). The third-order valence-electron chi connectivity index (χ3n) is 8.75. The van der Waals surface area contributed by atoms with Gasteiger partial charge in [0.25, 0.3) is 0 Å². The molecule has 1 amide bonds. The van der Waals surface area contributed by atoms with Gasteiger partial charge in [-0.15, -0.1) is 5.92 Å². The number of ketones is 1. The van der Waals surface area contributed by atoms with E-state index in [1.165, 1.54) is 12.7 Å². The number of allylic oxidation sites excluding steroid dienone is 1. The number of methoxy groups -OCH3 is 1. The summed E-state index contributed by atoms with van der Waals surface area (Å²) in [6.45, 7) is 8.88. The highest BCUT2D eigenvalue weighted by Crippen LogP contribution is 2.30. The first-order valence-corrected chi connectivity index (χ1v) is 19.0. The van der Waals surface area contributed by atoms with Gasteiger partial charge in [-0.05, 0) is 95.9 Å². The number of benzene rings is 2. The fourth-order valence-electron chi connectivity index (χ4n) is 5.93. The van der Waals surface area contributed by atoms with Gasteiger partial charge in [-0.2, -0.15) is 0 Å². The first-order chi connectivity index (χ1) is 25.3. The molecule has 2 aromatic carbocycles. The Morgan fingerprint density at radius 3 is 2.17 bits per heavy atom. The van der Waals surface area contributed by atoms with Crippen molar-refractivity contribution < 1.29 is 38.5 Å². The average Bonchev–Trinajstić information content (AvgIpc) is 3.12. The molecule has 0 fully saturated rings. The number of Topliss-reactive ketones (excluding diaryl/α,β-unsaturated/α-hetero) is 1. The third-order valence-corrected chi connectivity index (χ3v) is 8.75. The van der Waals surface area contributed by atoms with Crippen molar-refractivity contribution in [2.24, 2.45) is 5.92 Å². The first kappa shape index (κ1) is 44.7. The molecule has 2 aromatic rings. The van der Waals surface area contributed by atoms with Crippen LogP contribution in [0, 0.1) is 17.8 Å². The van der Waals surface area contributed by atoms with Crippen molar-refractivity contribution in [1.29, 1.82) is 0 Å². The molecule has 0 heterocycles. The standard InChI is InChI=1S/C44H61NO8/c1-7-9-32-52-37-29-27-35(28-30-37)33-39(41(48)51-6)45-40(47)38(44(50,31-8-2)42(49)53-43(3,4)5)26-18-13-11-10-12-17-24-36(46)25-20-19-23-34-21-15-14-16-22-34/h14-16,18,21-22,26-30,38-39,50H,8,10-13,17,19-20,23-25,31-33H2,1-6H3,(H,45,47)/t38-,39+,44+/m1/s1. The van der Waals surface area contributed by atoms with Crippen LogP contribution >= 0.6 is 0 Å². The van der Waals surface area contributed by atoms with E-state index in [0.29, 0.717) is 37.2 Å². The molecule has 3 atom stereocenters. The topological polar surface area (TPSA) is 128 Å². The number of esters is 2. The molecule has 0 spiro atoms. The van der Waals surface area contributed by atoms with Crippen molar-refractivity contribution in [3.8, 4) is 17.6 Å². The van der Waals surface area contributed by atoms with Crippen LogP contribution < -0.4 is 10.1 Å². The van der Waals surface area contributed by atoms with E-state index >= 15 is 0 Å². The zero-order chi connectivity index (χ0) is 39.1. The van der Waals surface area contributed by atoms with Crippen LogP contribution in [0.5, 0.6) is 5.75 Å². The summed E-state index contributed by atoms with van der Waals surface area (Å²) in [4.78, 5) is 52.7. The van der Waals surface area contributed by atoms with Gasteiger partial charge in [0.05, 0.1) is 13.0 Å². The lowest BCUT2D eigenvalue weighted by Crippen LogP contribution is -2.56. The zero-order valence-electron chi connectivity index (χ0n) is 32.7. The molecular formula is C44H61NO8. The summed E-state index contributed by atoms with van der Waals surface area (Å²) in [6, 6.07) is 16.3. The molecule has 0 radical (unpaired) electrons. The van der Waals surface area contributed by atoms with Gasteiger partial charge in [0.2, 0.25) is 5.91 Å². The molecule has 0 aliphatic heterocycles. The van der Waals surface area contributed by atoms with Gasteiger partial charge < -0.3 is 24.6 Å². The van der Waals surface area contributed by atoms with Crippen LogP contribution in [0.3, 0.4) is 0 Å². The molecule has 0 aromatic heterocycles. The Hall–Kier alpha value is -4.42. The Kier molecular flexibility index (Phi) is 20.3. The van der Waals surface area contributed by atoms with Crippen molar-refractivity contribution >= 4 is 23.6 Å². The minimum absolute atomic E-state index is 0.0304. The Morgan fingerprint density at radius 1 is 0.887 bits per heavy atom. The summed E-state index contributed by atoms with van der Waals surface area (Å²) < 4.78 is 16.2. The lowest BCUT2D eigenvalue weighted by Gasteiger charge is -2.34. The number of carbonyl (C=O) groups is 4. The van der Waals surface area contributed by atoms with Gasteiger partial charge in [0, 0.05) is 19.3 Å². The SMILES string of the molecule is CC#CCOc1ccc(C[C@H](NC(=O)[C@@H](C=CCCCCCCC(=O)CCCCc2ccccc2)[C@@](O)(CCC)C(=O)OC(C)(C)C)C(=O)OC)cc1. The second-order valence-electron chi connectivity index (χ2n) is 14.4. The van der Waals surface area contributed by atoms with E-state index in [1.54, 1.807) is 64.1 Å². The third kappa shape index (κ3) is 17.3. The van der Waals surface area contributed by atoms with Gasteiger partial charge in [-0.25, -0.2) is 9.59 Å². The molecule has 2 N–H and O–H groups in total. The van der Waals surface area contributed by atoms with Crippen LogP contribution in [0.4, 0.5) is 0 Å². The Morgan fingerprint density at radius 2 is 1.55 bits per heavy atom. The number of aliphatic hydroxyl groups is 1. The largest absolute Gasteiger partial charge is 0.481 e. The first-order valence-electron chi connectivity index (χ1n) is 19.0. The van der Waals surface area contributed by atoms with Gasteiger partial charge in [-0.3, -0.25) is 9.59 Å². The van der Waals surface area contributed by atoms with Crippen molar-refractivity contribution in [3.05, 3.63) is 77.9 Å². The van der Waals surface area contributed by atoms with E-state index in [2.05, 4.69) is 29.3 Å². The highest BCUT2D eigenvalue weighted by molar-refractivity contribution is 5.93. The molecule has 0 saturated carbocycles. The second-order valence-corrected chi connectivity index (χ2v) is 14.4. The molecular weight excluding hydrogens is 670 g/mol. The molecule has 0 unspecified atom stereocenters. The Balaban J connectivity index is 2.05. The quantitative estimate of drug-likeness (QED) is 0.0488. The maximum Gasteiger partial charge on any atom is 0.339 e. The summed E-state index contributed by atoms with van der Waals surface area (Å²) in [5.41, 5.74) is -1.04. The number of carbonyl (C=O) groups excluding carboxylic acids is 4. The summed E-state index contributed by atoms with van der Waals surface area (Å²) in [7, 11) is 1.24. The molecule has 0 aliphatic carbocycles. The molecule has 290 valence electrons. The molecule has 9 nitrogen and oxygen atoms in total. The number of aryl methyl sites for hydroxylation is 1. The van der Waals surface area contributed by atoms with Gasteiger partial charge in [-0.1, -0.05) is 86.7 Å². The zero-order valence-corrected chi connectivity index (χ0v) is 32.7. The highest BCUT2D eigenvalue weighted by Gasteiger charge is 2.49. The van der Waals surface area contributed by atoms with Crippen molar-refractivity contribution in [2.45, 2.75) is 135 Å². The highest BCUT2D eigenvalue weighted by atomic mass is 16.6. The second kappa shape index (κ2) is 24.0. The van der Waals surface area contributed by atoms with Gasteiger partial charge in [0.15, 0.2) is 5.60 Å². The van der Waals surface area contributed by atoms with Gasteiger partial charge >= 0.3 is 11.9 Å². The van der Waals surface area contributed by atoms with E-state index in [9.17, 15) is 24.3 Å². The fourth-order valence-corrected chi connectivity index (χ4v) is 5.93. The minimum atomic E-state index is -2.18. The lowest BCUT2D eigenvalue weighted by atomic mass is 9.81. The summed E-state index contributed by atoms with van der Waals surface area (Å²) in [5, 5.41) is 14.6. The number of hydrogen-bond donors (Lipinski definition) is 2. The monoisotopic (exact) mass is 731 g/mol. The maximum absolute atomic E-state index is 14.0. The normalized spacial score (nSPS) is 13.6. The molecule has 0 saturated heterocycles. The summed E-state index contributed by atoms with van der Waals surface area (Å²) in [6.07, 6.45) is 12.0. The van der Waals surface area contributed by atoms with Crippen LogP contribution in [-0.2, 0) is 41.5 Å². The summed E-state index contributed by atoms with van der Waals surface area (Å²) >= 11 is 0. The van der Waals surface area contributed by atoms with Crippen molar-refractivity contribution in [1.82, 2.24) is 5.32 Å². The Bertz CT molecular complexity index is 1500. The van der Waals surface area contributed by atoms with Crippen LogP contribution in [-0.4, -0.2) is 59.7 Å². The predicted molar refractivity (Wildman–Crippen MR) is 208 cm³/mol. The van der Waals surface area contributed by atoms with E-state index in [-0.39, 0.29) is 19.4 Å². The predicted octanol–water partition coefficient (Wildman–Crippen LogP) is 7.66. The summed E-state index contributed by atoms with van der Waals surface area (Å²) in [5.74, 6) is 2.92. The van der Waals surface area contributed by atoms with E-state index in [0.717, 1.165) is 50.5 Å². The molecule has 53 heavy (non-hydrogen) atoms. The number of nitrogens with one attached hydrogen (secondary N) is 1. The molecule has 0 bridgehead atoms. The smallest absolute Gasteiger partial charge is 0.339 e. The van der Waals surface area contributed by atoms with Crippen LogP contribution in [0.15, 0.2) is 66.7 Å². The van der Waals surface area contributed by atoms with Crippen molar-refractivity contribution in [2.75, 3.05) is 13.7 Å². The van der Waals surface area contributed by atoms with Gasteiger partial charge in [0.1, 0.15) is 29.8 Å². The van der Waals surface area contributed by atoms with Crippen molar-refractivity contribution in [3.63, 3.8) is 0 Å². The van der Waals surface area contributed by atoms with E-state index in [4.69, 9.17) is 14.2 Å². The Labute approximate surface area is 317 Å². The van der Waals surface area contributed by atoms with Crippen LogP contribution in [0.2, 0.25) is 0 Å². The molecule has 9 heteroatoms. The van der Waals surface area contributed by atoms with E-state index < -0.39 is 41.0 Å². The maximum atomic E-state index is 14.0. The number of ether oxygens (including phenoxy) is 3. The molecule has 0 aliphatic rings. The minimum Gasteiger partial charge on any atom is -0.481 e. The average molecular weight is 732 g/mol. The lowest BCUT2D eigenvalue weighted by molar-refractivity contribution is -0.184. The van der Waals surface area contributed by atoms with E-state index in [1.807, 2.05) is 25.1 Å². The fraction of sp³-hybridized carbons (Fsp3) is 0.545. The number of amides is 1. The van der Waals surface area contributed by atoms with Crippen LogP contribution in [0.25, 0.3) is 0 Å². The number of unbranched alkanes of at least 4 members (excludes halogenated alkanes) is 5. The number of hydrogen-bond acceptors (Lipinski definition) is 8. The number of rotatable bonds is 24.